The molecular formula is C9H7IN2O3S. The fourth-order valence-electron chi connectivity index (χ4n) is 1.04. The number of carbonyl (C=O) groups is 1. The van der Waals surface area contributed by atoms with Gasteiger partial charge in [0, 0.05) is 5.38 Å². The van der Waals surface area contributed by atoms with Crippen LogP contribution in [0.4, 0.5) is 0 Å². The van der Waals surface area contributed by atoms with Crippen molar-refractivity contribution in [2.45, 2.75) is 6.92 Å². The van der Waals surface area contributed by atoms with E-state index in [1.807, 2.05) is 11.4 Å². The number of hydrogen-bond donors (Lipinski definition) is 0. The predicted octanol–water partition coefficient (Wildman–Crippen LogP) is 2.58. The molecule has 0 aromatic carbocycles. The zero-order valence-electron chi connectivity index (χ0n) is 8.27. The maximum Gasteiger partial charge on any atom is 0.379 e. The van der Waals surface area contributed by atoms with Gasteiger partial charge in [0.1, 0.15) is 0 Å². The van der Waals surface area contributed by atoms with E-state index in [1.54, 1.807) is 18.3 Å². The van der Waals surface area contributed by atoms with Crippen LogP contribution in [0.15, 0.2) is 16.0 Å². The third-order valence-corrected chi connectivity index (χ3v) is 3.49. The van der Waals surface area contributed by atoms with Crippen LogP contribution in [0, 0.1) is 2.88 Å². The average Bonchev–Trinajstić information content (AvgIpc) is 2.85. The molecule has 0 radical (unpaired) electrons. The molecule has 0 N–H and O–H groups in total. The summed E-state index contributed by atoms with van der Waals surface area (Å²) in [5.74, 6) is -0.275. The summed E-state index contributed by atoms with van der Waals surface area (Å²) in [4.78, 5) is 15.3. The zero-order valence-corrected chi connectivity index (χ0v) is 11.2. The molecule has 2 rings (SSSR count). The second-order valence-electron chi connectivity index (χ2n) is 2.78. The van der Waals surface area contributed by atoms with E-state index in [9.17, 15) is 4.79 Å². The average molecular weight is 350 g/mol. The number of aromatic nitrogens is 2. The largest absolute Gasteiger partial charge is 0.460 e. The lowest BCUT2D eigenvalue weighted by atomic mass is 10.3. The van der Waals surface area contributed by atoms with E-state index in [1.165, 1.54) is 0 Å². The summed E-state index contributed by atoms with van der Waals surface area (Å²) < 4.78 is 10.8. The normalized spacial score (nSPS) is 10.4. The summed E-state index contributed by atoms with van der Waals surface area (Å²) in [6, 6.07) is 1.91. The van der Waals surface area contributed by atoms with E-state index in [0.717, 1.165) is 8.45 Å². The molecule has 2 aromatic heterocycles. The minimum absolute atomic E-state index is 0.0435. The second-order valence-corrected chi connectivity index (χ2v) is 5.59. The van der Waals surface area contributed by atoms with Crippen molar-refractivity contribution in [3.05, 3.63) is 20.2 Å². The van der Waals surface area contributed by atoms with Crippen LogP contribution in [-0.2, 0) is 4.74 Å². The van der Waals surface area contributed by atoms with Gasteiger partial charge in [0.25, 0.3) is 11.7 Å². The van der Waals surface area contributed by atoms with Gasteiger partial charge in [-0.1, -0.05) is 0 Å². The minimum Gasteiger partial charge on any atom is -0.460 e. The topological polar surface area (TPSA) is 65.2 Å². The summed E-state index contributed by atoms with van der Waals surface area (Å²) in [6.45, 7) is 2.01. The number of thiophene rings is 1. The van der Waals surface area contributed by atoms with Crippen molar-refractivity contribution >= 4 is 39.9 Å². The lowest BCUT2D eigenvalue weighted by Crippen LogP contribution is -2.06. The molecule has 2 heterocycles. The van der Waals surface area contributed by atoms with Crippen LogP contribution in [0.25, 0.3) is 11.5 Å². The lowest BCUT2D eigenvalue weighted by molar-refractivity contribution is 0.0508. The molecule has 0 aliphatic rings. The Hall–Kier alpha value is -0.960. The van der Waals surface area contributed by atoms with Crippen LogP contribution in [0.2, 0.25) is 0 Å². The first-order chi connectivity index (χ1) is 7.70. The molecule has 5 nitrogen and oxygen atoms in total. The number of hydrogen-bond acceptors (Lipinski definition) is 6. The van der Waals surface area contributed by atoms with Crippen molar-refractivity contribution in [2.75, 3.05) is 6.61 Å². The number of halogens is 1. The third kappa shape index (κ3) is 2.40. The number of carbonyl (C=O) groups excluding carboxylic acids is 1. The van der Waals surface area contributed by atoms with Gasteiger partial charge >= 0.3 is 5.97 Å². The Morgan fingerprint density at radius 1 is 1.69 bits per heavy atom. The Morgan fingerprint density at radius 3 is 3.12 bits per heavy atom. The van der Waals surface area contributed by atoms with Crippen molar-refractivity contribution in [2.24, 2.45) is 0 Å². The smallest absolute Gasteiger partial charge is 0.379 e. The van der Waals surface area contributed by atoms with Gasteiger partial charge in [-0.2, -0.15) is 4.98 Å². The maximum atomic E-state index is 11.3. The van der Waals surface area contributed by atoms with Crippen molar-refractivity contribution in [1.29, 1.82) is 0 Å². The SMILES string of the molecule is CCOC(=O)c1noc(-c2csc(I)c2)n1. The van der Waals surface area contributed by atoms with Gasteiger partial charge in [-0.15, -0.1) is 11.3 Å². The molecule has 0 aliphatic carbocycles. The van der Waals surface area contributed by atoms with Crippen LogP contribution in [-0.4, -0.2) is 22.7 Å². The van der Waals surface area contributed by atoms with Crippen molar-refractivity contribution in [1.82, 2.24) is 10.1 Å². The molecule has 84 valence electrons. The first-order valence-electron chi connectivity index (χ1n) is 4.46. The zero-order chi connectivity index (χ0) is 11.5. The van der Waals surface area contributed by atoms with Crippen LogP contribution in [0.1, 0.15) is 17.5 Å². The Balaban J connectivity index is 2.22. The van der Waals surface area contributed by atoms with Gasteiger partial charge in [0.15, 0.2) is 0 Å². The summed E-state index contributed by atoms with van der Waals surface area (Å²) in [6.07, 6.45) is 0. The van der Waals surface area contributed by atoms with Crippen molar-refractivity contribution < 1.29 is 14.1 Å². The highest BCUT2D eigenvalue weighted by Crippen LogP contribution is 2.25. The molecule has 0 bridgehead atoms. The van der Waals surface area contributed by atoms with Crippen LogP contribution in [0.5, 0.6) is 0 Å². The molecule has 7 heteroatoms. The summed E-state index contributed by atoms with van der Waals surface area (Å²) >= 11 is 3.77. The van der Waals surface area contributed by atoms with E-state index in [2.05, 4.69) is 32.7 Å². The van der Waals surface area contributed by atoms with Gasteiger partial charge in [-0.05, 0) is 40.7 Å². The Labute approximate surface area is 109 Å². The first kappa shape index (κ1) is 11.5. The van der Waals surface area contributed by atoms with Crippen LogP contribution < -0.4 is 0 Å². The standard InChI is InChI=1S/C9H7IN2O3S/c1-2-14-9(13)7-11-8(15-12-7)5-3-6(10)16-4-5/h3-4H,2H2,1H3. The summed E-state index contributed by atoms with van der Waals surface area (Å²) in [7, 11) is 0. The number of nitrogens with zero attached hydrogens (tertiary/aromatic N) is 2. The fraction of sp³-hybridized carbons (Fsp3) is 0.222. The van der Waals surface area contributed by atoms with Crippen LogP contribution >= 0.6 is 33.9 Å². The summed E-state index contributed by atoms with van der Waals surface area (Å²) in [5, 5.41) is 5.45. The second kappa shape index (κ2) is 4.91. The molecule has 0 aliphatic heterocycles. The van der Waals surface area contributed by atoms with Crippen molar-refractivity contribution in [3.63, 3.8) is 0 Å². The van der Waals surface area contributed by atoms with E-state index in [4.69, 9.17) is 9.26 Å². The van der Waals surface area contributed by atoms with Gasteiger partial charge in [0.05, 0.1) is 15.1 Å². The number of ether oxygens (including phenoxy) is 1. The Bertz CT molecular complexity index is 508. The molecule has 0 fully saturated rings. The molecule has 16 heavy (non-hydrogen) atoms. The first-order valence-corrected chi connectivity index (χ1v) is 6.41. The third-order valence-electron chi connectivity index (χ3n) is 1.70. The highest BCUT2D eigenvalue weighted by Gasteiger charge is 2.17. The molecule has 2 aromatic rings. The highest BCUT2D eigenvalue weighted by atomic mass is 127. The molecule has 0 atom stereocenters. The van der Waals surface area contributed by atoms with Crippen LogP contribution in [0.3, 0.4) is 0 Å². The van der Waals surface area contributed by atoms with E-state index >= 15 is 0 Å². The maximum absolute atomic E-state index is 11.3. The molecule has 0 saturated heterocycles. The van der Waals surface area contributed by atoms with Gasteiger partial charge in [-0.3, -0.25) is 0 Å². The Morgan fingerprint density at radius 2 is 2.50 bits per heavy atom. The van der Waals surface area contributed by atoms with Crippen molar-refractivity contribution in [3.8, 4) is 11.5 Å². The Kier molecular flexibility index (Phi) is 3.54. The molecular weight excluding hydrogens is 343 g/mol. The van der Waals surface area contributed by atoms with E-state index < -0.39 is 5.97 Å². The minimum atomic E-state index is -0.567. The number of esters is 1. The molecule has 0 amide bonds. The lowest BCUT2D eigenvalue weighted by Gasteiger charge is -1.93. The molecule has 0 unspecified atom stereocenters. The monoisotopic (exact) mass is 350 g/mol. The number of rotatable bonds is 3. The molecule has 0 saturated carbocycles. The van der Waals surface area contributed by atoms with Gasteiger partial charge in [0.2, 0.25) is 0 Å². The highest BCUT2D eigenvalue weighted by molar-refractivity contribution is 14.1. The summed E-state index contributed by atoms with van der Waals surface area (Å²) in [5.41, 5.74) is 0.817. The fourth-order valence-corrected chi connectivity index (χ4v) is 2.36. The van der Waals surface area contributed by atoms with E-state index in [-0.39, 0.29) is 5.82 Å². The van der Waals surface area contributed by atoms with E-state index in [0.29, 0.717) is 12.5 Å². The predicted molar refractivity (Wildman–Crippen MR) is 66.3 cm³/mol. The van der Waals surface area contributed by atoms with Gasteiger partial charge < -0.3 is 9.26 Å². The molecule has 0 spiro atoms. The quantitative estimate of drug-likeness (QED) is 0.629. The van der Waals surface area contributed by atoms with Gasteiger partial charge in [-0.25, -0.2) is 4.79 Å².